The molecule has 22 heavy (non-hydrogen) atoms. The molecule has 0 spiro atoms. The Labute approximate surface area is 135 Å². The van der Waals surface area contributed by atoms with Crippen molar-refractivity contribution >= 4 is 33.1 Å². The lowest BCUT2D eigenvalue weighted by Gasteiger charge is -2.39. The predicted molar refractivity (Wildman–Crippen MR) is 92.5 cm³/mol. The zero-order valence-corrected chi connectivity index (χ0v) is 14.2. The molecule has 3 rings (SSSR count). The van der Waals surface area contributed by atoms with Crippen LogP contribution in [0.25, 0.3) is 10.2 Å². The summed E-state index contributed by atoms with van der Waals surface area (Å²) in [4.78, 5) is 19.0. The fraction of sp³-hybridized carbons (Fsp3) is 0.529. The van der Waals surface area contributed by atoms with Crippen molar-refractivity contribution in [3.63, 3.8) is 0 Å². The van der Waals surface area contributed by atoms with E-state index in [4.69, 9.17) is 0 Å². The van der Waals surface area contributed by atoms with Gasteiger partial charge in [0.25, 0.3) is 0 Å². The molecule has 1 aliphatic heterocycles. The Morgan fingerprint density at radius 2 is 2.09 bits per heavy atom. The van der Waals surface area contributed by atoms with E-state index < -0.39 is 0 Å². The number of aromatic nitrogens is 1. The standard InChI is InChI=1S/C17H23N3OS/c1-11-5-4-6-12(2)20(11)17(21)10-18-14-7-8-15-16(9-14)22-13(3)19-15/h7-9,11-12,18H,4-6,10H2,1-3H3/t11-,12-/m0/s1. The lowest BCUT2D eigenvalue weighted by Crippen LogP contribution is -2.49. The Balaban J connectivity index is 1.66. The van der Waals surface area contributed by atoms with Crippen molar-refractivity contribution < 1.29 is 4.79 Å². The number of thiazole rings is 1. The number of hydrogen-bond donors (Lipinski definition) is 1. The van der Waals surface area contributed by atoms with Crippen LogP contribution in [-0.2, 0) is 4.79 Å². The first kappa shape index (κ1) is 15.3. The van der Waals surface area contributed by atoms with Gasteiger partial charge in [0.2, 0.25) is 5.91 Å². The van der Waals surface area contributed by atoms with Crippen molar-refractivity contribution in [1.82, 2.24) is 9.88 Å². The van der Waals surface area contributed by atoms with E-state index in [0.717, 1.165) is 33.8 Å². The van der Waals surface area contributed by atoms with Gasteiger partial charge in [0, 0.05) is 17.8 Å². The van der Waals surface area contributed by atoms with Crippen LogP contribution in [0.5, 0.6) is 0 Å². The first-order valence-corrected chi connectivity index (χ1v) is 8.78. The molecular formula is C17H23N3OS. The van der Waals surface area contributed by atoms with Gasteiger partial charge in [-0.1, -0.05) is 0 Å². The number of piperidine rings is 1. The molecule has 0 saturated carbocycles. The van der Waals surface area contributed by atoms with Gasteiger partial charge < -0.3 is 10.2 Å². The van der Waals surface area contributed by atoms with Gasteiger partial charge in [0.05, 0.1) is 21.8 Å². The Bertz CT molecular complexity index is 672. The smallest absolute Gasteiger partial charge is 0.242 e. The van der Waals surface area contributed by atoms with Crippen LogP contribution in [0.1, 0.15) is 38.1 Å². The highest BCUT2D eigenvalue weighted by molar-refractivity contribution is 7.18. The monoisotopic (exact) mass is 317 g/mol. The largest absolute Gasteiger partial charge is 0.376 e. The molecule has 1 aliphatic rings. The number of hydrogen-bond acceptors (Lipinski definition) is 4. The quantitative estimate of drug-likeness (QED) is 0.936. The minimum Gasteiger partial charge on any atom is -0.376 e. The molecule has 5 heteroatoms. The molecule has 2 heterocycles. The van der Waals surface area contributed by atoms with Crippen LogP contribution in [0.3, 0.4) is 0 Å². The molecule has 1 aromatic carbocycles. The van der Waals surface area contributed by atoms with Crippen molar-refractivity contribution in [2.45, 2.75) is 52.1 Å². The second-order valence-electron chi connectivity index (χ2n) is 6.20. The molecule has 1 amide bonds. The van der Waals surface area contributed by atoms with Gasteiger partial charge in [-0.3, -0.25) is 4.79 Å². The predicted octanol–water partition coefficient (Wildman–Crippen LogP) is 3.81. The highest BCUT2D eigenvalue weighted by Gasteiger charge is 2.28. The molecule has 0 bridgehead atoms. The lowest BCUT2D eigenvalue weighted by molar-refractivity contribution is -0.135. The van der Waals surface area contributed by atoms with Gasteiger partial charge in [-0.15, -0.1) is 11.3 Å². The Hall–Kier alpha value is -1.62. The normalized spacial score (nSPS) is 22.0. The summed E-state index contributed by atoms with van der Waals surface area (Å²) in [6, 6.07) is 6.79. The number of carbonyl (C=O) groups is 1. The average molecular weight is 317 g/mol. The molecule has 0 aliphatic carbocycles. The van der Waals surface area contributed by atoms with E-state index in [2.05, 4.69) is 30.2 Å². The van der Waals surface area contributed by atoms with Crippen LogP contribution in [-0.4, -0.2) is 34.4 Å². The van der Waals surface area contributed by atoms with Crippen LogP contribution in [0.2, 0.25) is 0 Å². The summed E-state index contributed by atoms with van der Waals surface area (Å²) in [5, 5.41) is 4.34. The van der Waals surface area contributed by atoms with Crippen LogP contribution in [0.4, 0.5) is 5.69 Å². The molecule has 1 aromatic heterocycles. The molecule has 0 radical (unpaired) electrons. The SMILES string of the molecule is Cc1nc2ccc(NCC(=O)N3[C@@H](C)CCC[C@@H]3C)cc2s1. The van der Waals surface area contributed by atoms with E-state index in [1.54, 1.807) is 11.3 Å². The van der Waals surface area contributed by atoms with Crippen LogP contribution >= 0.6 is 11.3 Å². The third-order valence-electron chi connectivity index (χ3n) is 4.42. The van der Waals surface area contributed by atoms with Crippen LogP contribution < -0.4 is 5.32 Å². The van der Waals surface area contributed by atoms with Crippen LogP contribution in [0, 0.1) is 6.92 Å². The second-order valence-corrected chi connectivity index (χ2v) is 7.43. The molecule has 1 saturated heterocycles. The highest BCUT2D eigenvalue weighted by atomic mass is 32.1. The van der Waals surface area contributed by atoms with Gasteiger partial charge in [-0.2, -0.15) is 0 Å². The first-order chi connectivity index (χ1) is 10.5. The maximum Gasteiger partial charge on any atom is 0.242 e. The number of anilines is 1. The molecule has 118 valence electrons. The van der Waals surface area contributed by atoms with Crippen LogP contribution in [0.15, 0.2) is 18.2 Å². The van der Waals surface area contributed by atoms with E-state index in [0.29, 0.717) is 18.6 Å². The maximum atomic E-state index is 12.5. The minimum absolute atomic E-state index is 0.195. The topological polar surface area (TPSA) is 45.2 Å². The number of nitrogens with one attached hydrogen (secondary N) is 1. The minimum atomic E-state index is 0.195. The van der Waals surface area contributed by atoms with Crippen molar-refractivity contribution in [3.05, 3.63) is 23.2 Å². The summed E-state index contributed by atoms with van der Waals surface area (Å²) in [5.74, 6) is 0.195. The number of aryl methyl sites for hydroxylation is 1. The number of rotatable bonds is 3. The molecule has 1 fully saturated rings. The van der Waals surface area contributed by atoms with Crippen molar-refractivity contribution in [1.29, 1.82) is 0 Å². The fourth-order valence-electron chi connectivity index (χ4n) is 3.33. The van der Waals surface area contributed by atoms with Gasteiger partial charge in [-0.05, 0) is 58.2 Å². The molecule has 2 atom stereocenters. The van der Waals surface area contributed by atoms with Crippen molar-refractivity contribution in [3.8, 4) is 0 Å². The zero-order valence-electron chi connectivity index (χ0n) is 13.4. The summed E-state index contributed by atoms with van der Waals surface area (Å²) in [6.45, 7) is 6.68. The Kier molecular flexibility index (Phi) is 4.34. The third kappa shape index (κ3) is 3.09. The van der Waals surface area contributed by atoms with E-state index in [9.17, 15) is 4.79 Å². The first-order valence-electron chi connectivity index (χ1n) is 7.97. The Morgan fingerprint density at radius 3 is 2.82 bits per heavy atom. The average Bonchev–Trinajstić information content (AvgIpc) is 2.84. The molecular weight excluding hydrogens is 294 g/mol. The van der Waals surface area contributed by atoms with Crippen molar-refractivity contribution in [2.75, 3.05) is 11.9 Å². The van der Waals surface area contributed by atoms with E-state index >= 15 is 0 Å². The summed E-state index contributed by atoms with van der Waals surface area (Å²) < 4.78 is 1.16. The number of fused-ring (bicyclic) bond motifs is 1. The molecule has 1 N–H and O–H groups in total. The number of nitrogens with zero attached hydrogens (tertiary/aromatic N) is 2. The third-order valence-corrected chi connectivity index (χ3v) is 5.35. The molecule has 0 unspecified atom stereocenters. The number of benzene rings is 1. The second kappa shape index (κ2) is 6.24. The van der Waals surface area contributed by atoms with Gasteiger partial charge in [0.1, 0.15) is 0 Å². The maximum absolute atomic E-state index is 12.5. The van der Waals surface area contributed by atoms with Gasteiger partial charge in [0.15, 0.2) is 0 Å². The van der Waals surface area contributed by atoms with Gasteiger partial charge in [-0.25, -0.2) is 4.98 Å². The highest BCUT2D eigenvalue weighted by Crippen LogP contribution is 2.25. The number of carbonyl (C=O) groups excluding carboxylic acids is 1. The molecule has 2 aromatic rings. The summed E-state index contributed by atoms with van der Waals surface area (Å²) in [7, 11) is 0. The number of likely N-dealkylation sites (tertiary alicyclic amines) is 1. The van der Waals surface area contributed by atoms with E-state index in [-0.39, 0.29) is 5.91 Å². The zero-order chi connectivity index (χ0) is 15.7. The summed E-state index contributed by atoms with van der Waals surface area (Å²) in [6.07, 6.45) is 3.45. The summed E-state index contributed by atoms with van der Waals surface area (Å²) in [5.41, 5.74) is 2.01. The van der Waals surface area contributed by atoms with Crippen molar-refractivity contribution in [2.24, 2.45) is 0 Å². The van der Waals surface area contributed by atoms with E-state index in [1.807, 2.05) is 24.0 Å². The van der Waals surface area contributed by atoms with Gasteiger partial charge >= 0.3 is 0 Å². The summed E-state index contributed by atoms with van der Waals surface area (Å²) >= 11 is 1.68. The number of amides is 1. The fourth-order valence-corrected chi connectivity index (χ4v) is 4.20. The van der Waals surface area contributed by atoms with E-state index in [1.165, 1.54) is 6.42 Å². The lowest BCUT2D eigenvalue weighted by atomic mass is 9.97. The molecule has 4 nitrogen and oxygen atoms in total. The Morgan fingerprint density at radius 1 is 1.36 bits per heavy atom.